The number of aromatic nitrogens is 2. The highest BCUT2D eigenvalue weighted by molar-refractivity contribution is 7.71. The van der Waals surface area contributed by atoms with Gasteiger partial charge in [0, 0.05) is 38.1 Å². The van der Waals surface area contributed by atoms with Crippen molar-refractivity contribution in [2.45, 2.75) is 13.8 Å². The second-order valence-corrected chi connectivity index (χ2v) is 5.84. The van der Waals surface area contributed by atoms with Crippen molar-refractivity contribution in [1.29, 1.82) is 0 Å². The van der Waals surface area contributed by atoms with Gasteiger partial charge in [-0.1, -0.05) is 12.1 Å². The van der Waals surface area contributed by atoms with Crippen LogP contribution in [0.4, 0.5) is 11.5 Å². The summed E-state index contributed by atoms with van der Waals surface area (Å²) in [6.45, 7) is 8.40. The van der Waals surface area contributed by atoms with Gasteiger partial charge < -0.3 is 14.8 Å². The molecule has 1 fully saturated rings. The number of hydrogen-bond acceptors (Lipinski definition) is 4. The maximum absolute atomic E-state index is 5.10. The molecule has 2 aromatic rings. The summed E-state index contributed by atoms with van der Waals surface area (Å²) in [5, 5.41) is 0. The lowest BCUT2D eigenvalue weighted by Crippen LogP contribution is -2.47. The Labute approximate surface area is 130 Å². The van der Waals surface area contributed by atoms with E-state index in [0.29, 0.717) is 4.77 Å². The van der Waals surface area contributed by atoms with Gasteiger partial charge in [-0.3, -0.25) is 0 Å². The first kappa shape index (κ1) is 14.1. The molecule has 1 aliphatic heterocycles. The Bertz CT molecular complexity index is 687. The van der Waals surface area contributed by atoms with Gasteiger partial charge in [-0.05, 0) is 49.3 Å². The second-order valence-electron chi connectivity index (χ2n) is 5.45. The number of hydrogen-bond donors (Lipinski definition) is 1. The number of piperazine rings is 1. The average molecular weight is 300 g/mol. The van der Waals surface area contributed by atoms with Gasteiger partial charge in [0.1, 0.15) is 5.82 Å². The third-order valence-corrected chi connectivity index (χ3v) is 4.40. The predicted molar refractivity (Wildman–Crippen MR) is 89.8 cm³/mol. The first-order valence-electron chi connectivity index (χ1n) is 7.26. The topological polar surface area (TPSA) is 35.2 Å². The van der Waals surface area contributed by atoms with Gasteiger partial charge in [-0.25, -0.2) is 4.98 Å². The Morgan fingerprint density at radius 3 is 2.48 bits per heavy atom. The summed E-state index contributed by atoms with van der Waals surface area (Å²) in [4.78, 5) is 12.0. The number of nitrogens with zero attached hydrogens (tertiary/aromatic N) is 3. The molecule has 5 heteroatoms. The third kappa shape index (κ3) is 2.93. The van der Waals surface area contributed by atoms with Gasteiger partial charge in [0.15, 0.2) is 4.77 Å². The van der Waals surface area contributed by atoms with E-state index >= 15 is 0 Å². The van der Waals surface area contributed by atoms with Gasteiger partial charge in [0.2, 0.25) is 0 Å². The van der Waals surface area contributed by atoms with Crippen LogP contribution in [-0.2, 0) is 0 Å². The van der Waals surface area contributed by atoms with E-state index < -0.39 is 0 Å². The van der Waals surface area contributed by atoms with Crippen LogP contribution in [0.1, 0.15) is 11.1 Å². The van der Waals surface area contributed by atoms with Crippen LogP contribution in [0, 0.1) is 18.6 Å². The number of anilines is 2. The lowest BCUT2D eigenvalue weighted by Gasteiger charge is -2.37. The van der Waals surface area contributed by atoms with E-state index in [0.717, 1.165) is 32.0 Å². The van der Waals surface area contributed by atoms with Crippen LogP contribution in [0.25, 0.3) is 0 Å². The van der Waals surface area contributed by atoms with Crippen LogP contribution < -0.4 is 9.80 Å². The Hall–Kier alpha value is -1.88. The summed E-state index contributed by atoms with van der Waals surface area (Å²) in [5.41, 5.74) is 4.10. The van der Waals surface area contributed by atoms with E-state index in [-0.39, 0.29) is 0 Å². The monoisotopic (exact) mass is 300 g/mol. The maximum Gasteiger partial charge on any atom is 0.198 e. The molecule has 0 aliphatic carbocycles. The number of nitrogens with one attached hydrogen (secondary N) is 1. The van der Waals surface area contributed by atoms with Crippen LogP contribution in [0.3, 0.4) is 0 Å². The quantitative estimate of drug-likeness (QED) is 0.865. The van der Waals surface area contributed by atoms with E-state index in [1.54, 1.807) is 6.20 Å². The molecule has 0 spiro atoms. The van der Waals surface area contributed by atoms with Crippen LogP contribution >= 0.6 is 12.2 Å². The second kappa shape index (κ2) is 5.85. The van der Waals surface area contributed by atoms with Crippen LogP contribution in [0.2, 0.25) is 0 Å². The molecule has 4 nitrogen and oxygen atoms in total. The molecule has 21 heavy (non-hydrogen) atoms. The van der Waals surface area contributed by atoms with Crippen molar-refractivity contribution in [3.05, 3.63) is 46.4 Å². The molecule has 0 atom stereocenters. The predicted octanol–water partition coefficient (Wildman–Crippen LogP) is 3.08. The zero-order valence-electron chi connectivity index (χ0n) is 12.5. The van der Waals surface area contributed by atoms with Crippen LogP contribution in [0.5, 0.6) is 0 Å². The molecule has 1 aromatic carbocycles. The van der Waals surface area contributed by atoms with Crippen molar-refractivity contribution < 1.29 is 0 Å². The normalized spacial score (nSPS) is 15.3. The molecule has 1 aromatic heterocycles. The van der Waals surface area contributed by atoms with Gasteiger partial charge >= 0.3 is 0 Å². The van der Waals surface area contributed by atoms with E-state index in [1.165, 1.54) is 16.8 Å². The third-order valence-electron chi connectivity index (χ3n) is 4.20. The fraction of sp³-hybridized carbons (Fsp3) is 0.375. The molecule has 0 bridgehead atoms. The number of H-pyrrole nitrogens is 1. The molecule has 0 radical (unpaired) electrons. The Balaban J connectivity index is 1.73. The molecule has 1 aliphatic rings. The average Bonchev–Trinajstić information content (AvgIpc) is 2.50. The minimum atomic E-state index is 0.546. The maximum atomic E-state index is 5.10. The van der Waals surface area contributed by atoms with Gasteiger partial charge in [-0.15, -0.1) is 0 Å². The van der Waals surface area contributed by atoms with Crippen molar-refractivity contribution in [3.63, 3.8) is 0 Å². The Morgan fingerprint density at radius 2 is 1.76 bits per heavy atom. The van der Waals surface area contributed by atoms with Crippen LogP contribution in [0.15, 0.2) is 30.5 Å². The molecule has 2 heterocycles. The van der Waals surface area contributed by atoms with Gasteiger partial charge in [-0.2, -0.15) is 0 Å². The highest BCUT2D eigenvalue weighted by Crippen LogP contribution is 2.24. The van der Waals surface area contributed by atoms with E-state index in [2.05, 4.69) is 51.8 Å². The van der Waals surface area contributed by atoms with Crippen molar-refractivity contribution in [3.8, 4) is 0 Å². The summed E-state index contributed by atoms with van der Waals surface area (Å²) in [5.74, 6) is 1.07. The molecular formula is C16H20N4S. The minimum absolute atomic E-state index is 0.546. The Morgan fingerprint density at radius 1 is 1.05 bits per heavy atom. The molecule has 0 amide bonds. The van der Waals surface area contributed by atoms with E-state index in [9.17, 15) is 0 Å². The van der Waals surface area contributed by atoms with Crippen LogP contribution in [-0.4, -0.2) is 36.1 Å². The number of aryl methyl sites for hydroxylation is 1. The molecular weight excluding hydrogens is 280 g/mol. The lowest BCUT2D eigenvalue weighted by molar-refractivity contribution is 0.645. The molecule has 3 rings (SSSR count). The van der Waals surface area contributed by atoms with Crippen molar-refractivity contribution in [2.75, 3.05) is 36.0 Å². The molecule has 110 valence electrons. The molecule has 1 saturated heterocycles. The fourth-order valence-electron chi connectivity index (χ4n) is 2.81. The molecule has 0 unspecified atom stereocenters. The first-order chi connectivity index (χ1) is 10.1. The number of rotatable bonds is 2. The molecule has 0 saturated carbocycles. The highest BCUT2D eigenvalue weighted by Gasteiger charge is 2.19. The fourth-order valence-corrected chi connectivity index (χ4v) is 2.98. The van der Waals surface area contributed by atoms with Crippen molar-refractivity contribution in [1.82, 2.24) is 9.97 Å². The summed E-state index contributed by atoms with van der Waals surface area (Å²) < 4.78 is 0.546. The zero-order chi connectivity index (χ0) is 14.8. The minimum Gasteiger partial charge on any atom is -0.368 e. The highest BCUT2D eigenvalue weighted by atomic mass is 32.1. The largest absolute Gasteiger partial charge is 0.368 e. The summed E-state index contributed by atoms with van der Waals surface area (Å²) in [7, 11) is 0. The standard InChI is InChI=1S/C16H20N4S/c1-12-4-3-5-14(13(12)2)19-8-10-20(11-9-19)15-6-7-17-16(21)18-15/h3-7H,8-11H2,1-2H3,(H,17,18,21). The van der Waals surface area contributed by atoms with Crippen molar-refractivity contribution >= 4 is 23.7 Å². The number of benzene rings is 1. The smallest absolute Gasteiger partial charge is 0.198 e. The molecule has 1 N–H and O–H groups in total. The van der Waals surface area contributed by atoms with Gasteiger partial charge in [0.25, 0.3) is 0 Å². The number of aromatic amines is 1. The van der Waals surface area contributed by atoms with Crippen molar-refractivity contribution in [2.24, 2.45) is 0 Å². The lowest BCUT2D eigenvalue weighted by atomic mass is 10.1. The summed E-state index contributed by atoms with van der Waals surface area (Å²) in [6, 6.07) is 8.53. The van der Waals surface area contributed by atoms with Gasteiger partial charge in [0.05, 0.1) is 0 Å². The van der Waals surface area contributed by atoms with E-state index in [4.69, 9.17) is 12.2 Å². The van der Waals surface area contributed by atoms with E-state index in [1.807, 2.05) is 6.07 Å². The first-order valence-corrected chi connectivity index (χ1v) is 7.67. The zero-order valence-corrected chi connectivity index (χ0v) is 13.3. The Kier molecular flexibility index (Phi) is 3.92. The summed E-state index contributed by atoms with van der Waals surface area (Å²) in [6.07, 6.45) is 1.77. The SMILES string of the molecule is Cc1cccc(N2CCN(c3ccnc(=S)[nH]3)CC2)c1C. The summed E-state index contributed by atoms with van der Waals surface area (Å²) >= 11 is 5.10.